The molecule has 0 saturated heterocycles. The molecule has 3 aromatic rings. The van der Waals surface area contributed by atoms with Gasteiger partial charge in [-0.1, -0.05) is 54.6 Å². The van der Waals surface area contributed by atoms with E-state index < -0.39 is 0 Å². The van der Waals surface area contributed by atoms with Gasteiger partial charge in [-0.25, -0.2) is 0 Å². The lowest BCUT2D eigenvalue weighted by molar-refractivity contribution is -0.116. The predicted molar refractivity (Wildman–Crippen MR) is 109 cm³/mol. The average molecular weight is 360 g/mol. The third-order valence-corrected chi connectivity index (χ3v) is 4.24. The van der Waals surface area contributed by atoms with Crippen LogP contribution in [-0.4, -0.2) is 12.5 Å². The van der Waals surface area contributed by atoms with E-state index in [-0.39, 0.29) is 5.91 Å². The highest BCUT2D eigenvalue weighted by atomic mass is 16.5. The summed E-state index contributed by atoms with van der Waals surface area (Å²) in [4.78, 5) is 12.3. The molecule has 27 heavy (non-hydrogen) atoms. The minimum atomic E-state index is -0.0450. The molecular weight excluding hydrogens is 336 g/mol. The molecule has 0 radical (unpaired) electrons. The number of ether oxygens (including phenoxy) is 1. The van der Waals surface area contributed by atoms with Crippen LogP contribution in [0.1, 0.15) is 17.5 Å². The molecule has 2 N–H and O–H groups in total. The van der Waals surface area contributed by atoms with Gasteiger partial charge in [0.15, 0.2) is 5.75 Å². The zero-order valence-corrected chi connectivity index (χ0v) is 15.4. The quantitative estimate of drug-likeness (QED) is 0.562. The first kappa shape index (κ1) is 18.7. The Morgan fingerprint density at radius 1 is 0.889 bits per heavy atom. The molecule has 0 aliphatic heterocycles. The summed E-state index contributed by atoms with van der Waals surface area (Å²) >= 11 is 0. The second-order valence-corrected chi connectivity index (χ2v) is 6.31. The van der Waals surface area contributed by atoms with Crippen molar-refractivity contribution in [3.8, 4) is 11.5 Å². The maximum atomic E-state index is 12.3. The van der Waals surface area contributed by atoms with Crippen LogP contribution in [0.3, 0.4) is 0 Å². The summed E-state index contributed by atoms with van der Waals surface area (Å²) in [5.74, 6) is 1.32. The second kappa shape index (κ2) is 9.55. The average Bonchev–Trinajstić information content (AvgIpc) is 2.69. The fourth-order valence-corrected chi connectivity index (χ4v) is 2.72. The molecule has 0 aromatic heterocycles. The van der Waals surface area contributed by atoms with Crippen molar-refractivity contribution in [2.45, 2.75) is 19.9 Å². The van der Waals surface area contributed by atoms with Crippen LogP contribution in [0.5, 0.6) is 11.5 Å². The van der Waals surface area contributed by atoms with E-state index in [9.17, 15) is 4.79 Å². The molecule has 1 amide bonds. The van der Waals surface area contributed by atoms with Crippen molar-refractivity contribution in [2.75, 3.05) is 11.9 Å². The van der Waals surface area contributed by atoms with Crippen molar-refractivity contribution in [1.29, 1.82) is 0 Å². The first-order valence-electron chi connectivity index (χ1n) is 9.09. The van der Waals surface area contributed by atoms with E-state index in [2.05, 4.69) is 29.7 Å². The van der Waals surface area contributed by atoms with Gasteiger partial charge in [-0.2, -0.15) is 0 Å². The summed E-state index contributed by atoms with van der Waals surface area (Å²) in [5.41, 5.74) is 3.17. The van der Waals surface area contributed by atoms with Crippen molar-refractivity contribution in [1.82, 2.24) is 5.32 Å². The van der Waals surface area contributed by atoms with Gasteiger partial charge in [0, 0.05) is 19.5 Å². The third kappa shape index (κ3) is 5.69. The highest BCUT2D eigenvalue weighted by Crippen LogP contribution is 2.29. The summed E-state index contributed by atoms with van der Waals surface area (Å²) in [7, 11) is 0. The Kier molecular flexibility index (Phi) is 6.61. The molecule has 0 aliphatic carbocycles. The molecule has 0 bridgehead atoms. The third-order valence-electron chi connectivity index (χ3n) is 4.24. The minimum Gasteiger partial charge on any atom is -0.455 e. The fraction of sp³-hybridized carbons (Fsp3) is 0.174. The summed E-state index contributed by atoms with van der Waals surface area (Å²) in [6.07, 6.45) is 0.394. The molecule has 0 saturated carbocycles. The molecule has 0 aliphatic rings. The maximum absolute atomic E-state index is 12.3. The first-order valence-corrected chi connectivity index (χ1v) is 9.09. The monoisotopic (exact) mass is 360 g/mol. The number of anilines is 1. The van der Waals surface area contributed by atoms with Crippen LogP contribution in [0.4, 0.5) is 5.69 Å². The molecule has 4 nitrogen and oxygen atoms in total. The normalized spacial score (nSPS) is 10.4. The lowest BCUT2D eigenvalue weighted by atomic mass is 10.1. The second-order valence-electron chi connectivity index (χ2n) is 6.31. The van der Waals surface area contributed by atoms with Gasteiger partial charge in [-0.15, -0.1) is 0 Å². The van der Waals surface area contributed by atoms with E-state index >= 15 is 0 Å². The number of aryl methyl sites for hydroxylation is 1. The molecule has 0 fully saturated rings. The Balaban J connectivity index is 1.50. The smallest absolute Gasteiger partial charge is 0.225 e. The fourth-order valence-electron chi connectivity index (χ4n) is 2.72. The molecular formula is C23H24N2O2. The highest BCUT2D eigenvalue weighted by Gasteiger charge is 2.08. The van der Waals surface area contributed by atoms with Crippen molar-refractivity contribution < 1.29 is 9.53 Å². The van der Waals surface area contributed by atoms with E-state index in [4.69, 9.17) is 4.74 Å². The number of amides is 1. The summed E-state index contributed by atoms with van der Waals surface area (Å²) in [6, 6.07) is 25.2. The molecule has 4 heteroatoms. The number of nitrogens with one attached hydrogen (secondary N) is 2. The Labute approximate surface area is 160 Å². The molecule has 3 aromatic carbocycles. The number of carbonyl (C=O) groups is 1. The van der Waals surface area contributed by atoms with Crippen LogP contribution in [0.2, 0.25) is 0 Å². The zero-order chi connectivity index (χ0) is 18.9. The van der Waals surface area contributed by atoms with Gasteiger partial charge in [0.1, 0.15) is 5.75 Å². The van der Waals surface area contributed by atoms with Gasteiger partial charge < -0.3 is 15.4 Å². The van der Waals surface area contributed by atoms with Crippen molar-refractivity contribution in [3.05, 3.63) is 90.0 Å². The molecule has 0 heterocycles. The van der Waals surface area contributed by atoms with E-state index in [1.165, 1.54) is 11.1 Å². The topological polar surface area (TPSA) is 50.4 Å². The van der Waals surface area contributed by atoms with Crippen LogP contribution in [0.15, 0.2) is 78.9 Å². The Morgan fingerprint density at radius 2 is 1.59 bits per heavy atom. The maximum Gasteiger partial charge on any atom is 0.225 e. The molecule has 0 spiro atoms. The van der Waals surface area contributed by atoms with Crippen LogP contribution in [0, 0.1) is 6.92 Å². The van der Waals surface area contributed by atoms with E-state index in [0.717, 1.165) is 12.3 Å². The highest BCUT2D eigenvalue weighted by molar-refractivity contribution is 5.92. The zero-order valence-electron chi connectivity index (χ0n) is 15.4. The van der Waals surface area contributed by atoms with Crippen molar-refractivity contribution in [2.24, 2.45) is 0 Å². The molecule has 0 unspecified atom stereocenters. The van der Waals surface area contributed by atoms with Gasteiger partial charge in [0.25, 0.3) is 0 Å². The van der Waals surface area contributed by atoms with Gasteiger partial charge in [0.05, 0.1) is 5.69 Å². The van der Waals surface area contributed by atoms with Crippen LogP contribution in [0.25, 0.3) is 0 Å². The lowest BCUT2D eigenvalue weighted by Gasteiger charge is -2.12. The number of carbonyl (C=O) groups excluding carboxylic acids is 1. The van der Waals surface area contributed by atoms with Gasteiger partial charge in [-0.3, -0.25) is 4.79 Å². The number of para-hydroxylation sites is 3. The van der Waals surface area contributed by atoms with Gasteiger partial charge in [0.2, 0.25) is 5.91 Å². The standard InChI is InChI=1S/C23H24N2O2/c1-18-9-5-6-10-19(18)17-24-16-15-23(26)25-21-13-7-8-14-22(21)27-20-11-3-2-4-12-20/h2-14,24H,15-17H2,1H3,(H,25,26). The van der Waals surface area contributed by atoms with E-state index in [0.29, 0.717) is 24.4 Å². The van der Waals surface area contributed by atoms with Gasteiger partial charge in [-0.05, 0) is 42.3 Å². The first-order chi connectivity index (χ1) is 13.2. The number of benzene rings is 3. The summed E-state index contributed by atoms with van der Waals surface area (Å²) < 4.78 is 5.88. The van der Waals surface area contributed by atoms with Crippen molar-refractivity contribution >= 4 is 11.6 Å². The Bertz CT molecular complexity index is 878. The number of hydrogen-bond acceptors (Lipinski definition) is 3. The van der Waals surface area contributed by atoms with Crippen LogP contribution < -0.4 is 15.4 Å². The summed E-state index contributed by atoms with van der Waals surface area (Å²) in [5, 5.41) is 6.26. The van der Waals surface area contributed by atoms with Crippen molar-refractivity contribution in [3.63, 3.8) is 0 Å². The summed E-state index contributed by atoms with van der Waals surface area (Å²) in [6.45, 7) is 3.46. The largest absolute Gasteiger partial charge is 0.455 e. The molecule has 3 rings (SSSR count). The van der Waals surface area contributed by atoms with E-state index in [1.807, 2.05) is 66.7 Å². The number of rotatable bonds is 8. The van der Waals surface area contributed by atoms with E-state index in [1.54, 1.807) is 0 Å². The predicted octanol–water partition coefficient (Wildman–Crippen LogP) is 4.91. The molecule has 0 atom stereocenters. The SMILES string of the molecule is Cc1ccccc1CNCCC(=O)Nc1ccccc1Oc1ccccc1. The number of hydrogen-bond donors (Lipinski definition) is 2. The minimum absolute atomic E-state index is 0.0450. The lowest BCUT2D eigenvalue weighted by Crippen LogP contribution is -2.22. The van der Waals surface area contributed by atoms with Crippen LogP contribution in [-0.2, 0) is 11.3 Å². The molecule has 138 valence electrons. The Hall–Kier alpha value is -3.11. The van der Waals surface area contributed by atoms with Crippen LogP contribution >= 0.6 is 0 Å². The van der Waals surface area contributed by atoms with Gasteiger partial charge >= 0.3 is 0 Å². The Morgan fingerprint density at radius 3 is 2.41 bits per heavy atom.